The van der Waals surface area contributed by atoms with Gasteiger partial charge in [0.1, 0.15) is 12.4 Å². The van der Waals surface area contributed by atoms with E-state index in [-0.39, 0.29) is 0 Å². The van der Waals surface area contributed by atoms with Crippen molar-refractivity contribution < 1.29 is 4.57 Å². The van der Waals surface area contributed by atoms with E-state index >= 15 is 0 Å². The van der Waals surface area contributed by atoms with Crippen molar-refractivity contribution in [2.75, 3.05) is 0 Å². The van der Waals surface area contributed by atoms with Crippen LogP contribution in [0.2, 0.25) is 0 Å². The Morgan fingerprint density at radius 3 is 1.68 bits per heavy atom. The zero-order valence-corrected chi connectivity index (χ0v) is 17.6. The summed E-state index contributed by atoms with van der Waals surface area (Å²) in [5, 5.41) is 0. The molecule has 0 saturated carbocycles. The van der Waals surface area contributed by atoms with Gasteiger partial charge in [-0.2, -0.15) is 0 Å². The Labute approximate surface area is 158 Å². The minimum atomic E-state index is 1.14. The van der Waals surface area contributed by atoms with Crippen molar-refractivity contribution in [2.45, 2.75) is 130 Å². The van der Waals surface area contributed by atoms with Gasteiger partial charge in [0.15, 0.2) is 0 Å². The number of unbranched alkanes of at least 4 members (excludes halogenated alkanes) is 12. The van der Waals surface area contributed by atoms with Crippen LogP contribution in [0.4, 0.5) is 0 Å². The topological polar surface area (TPSA) is 8.81 Å². The molecule has 0 aliphatic heterocycles. The van der Waals surface area contributed by atoms with Crippen molar-refractivity contribution in [1.82, 2.24) is 4.57 Å². The lowest BCUT2D eigenvalue weighted by Gasteiger charge is -2.04. The van der Waals surface area contributed by atoms with Crippen molar-refractivity contribution in [3.05, 3.63) is 18.2 Å². The molecule has 0 aliphatic carbocycles. The average molecular weight is 350 g/mol. The quantitative estimate of drug-likeness (QED) is 0.215. The zero-order valence-electron chi connectivity index (χ0n) is 17.6. The van der Waals surface area contributed by atoms with Gasteiger partial charge in [0.25, 0.3) is 5.82 Å². The third-order valence-corrected chi connectivity index (χ3v) is 5.37. The summed E-state index contributed by atoms with van der Waals surface area (Å²) < 4.78 is 4.91. The molecule has 25 heavy (non-hydrogen) atoms. The first-order valence-corrected chi connectivity index (χ1v) is 11.4. The normalized spacial score (nSPS) is 11.3. The van der Waals surface area contributed by atoms with E-state index < -0.39 is 0 Å². The maximum atomic E-state index is 2.48. The second kappa shape index (κ2) is 15.5. The molecule has 0 radical (unpaired) electrons. The Balaban J connectivity index is 1.95. The SMILES string of the molecule is CCCCCCCCCCCCCCC[n+]1ccn(CCC)c1CC. The molecule has 1 aromatic rings. The monoisotopic (exact) mass is 349 g/mol. The highest BCUT2D eigenvalue weighted by Crippen LogP contribution is 2.12. The highest BCUT2D eigenvalue weighted by Gasteiger charge is 2.13. The molecule has 1 heterocycles. The van der Waals surface area contributed by atoms with E-state index in [4.69, 9.17) is 0 Å². The summed E-state index contributed by atoms with van der Waals surface area (Å²) in [4.78, 5) is 0. The van der Waals surface area contributed by atoms with Gasteiger partial charge in [0, 0.05) is 6.42 Å². The molecule has 0 N–H and O–H groups in total. The Morgan fingerprint density at radius 2 is 1.20 bits per heavy atom. The van der Waals surface area contributed by atoms with E-state index in [1.807, 2.05) is 0 Å². The van der Waals surface area contributed by atoms with Crippen molar-refractivity contribution >= 4 is 0 Å². The minimum Gasteiger partial charge on any atom is -0.234 e. The highest BCUT2D eigenvalue weighted by molar-refractivity contribution is 4.82. The molecule has 1 aromatic heterocycles. The molecule has 0 spiro atoms. The first kappa shape index (κ1) is 22.3. The van der Waals surface area contributed by atoms with E-state index in [1.54, 1.807) is 0 Å². The van der Waals surface area contributed by atoms with Gasteiger partial charge in [-0.25, -0.2) is 9.13 Å². The van der Waals surface area contributed by atoms with Crippen LogP contribution in [-0.4, -0.2) is 4.57 Å². The summed E-state index contributed by atoms with van der Waals surface area (Å²) in [5.74, 6) is 1.50. The summed E-state index contributed by atoms with van der Waals surface area (Å²) in [6.07, 6.45) is 25.6. The van der Waals surface area contributed by atoms with Gasteiger partial charge >= 0.3 is 0 Å². The number of aryl methyl sites for hydroxylation is 2. The first-order chi connectivity index (χ1) is 12.3. The predicted molar refractivity (Wildman–Crippen MR) is 110 cm³/mol. The fourth-order valence-electron chi connectivity index (χ4n) is 3.85. The third kappa shape index (κ3) is 10.1. The smallest absolute Gasteiger partial charge is 0.234 e. The number of nitrogens with zero attached hydrogens (tertiary/aromatic N) is 2. The van der Waals surface area contributed by atoms with Crippen LogP contribution >= 0.6 is 0 Å². The lowest BCUT2D eigenvalue weighted by molar-refractivity contribution is -0.704. The Kier molecular flexibility index (Phi) is 13.8. The molecule has 0 amide bonds. The van der Waals surface area contributed by atoms with E-state index in [9.17, 15) is 0 Å². The summed E-state index contributed by atoms with van der Waals surface area (Å²) in [6.45, 7) is 9.20. The van der Waals surface area contributed by atoms with Crippen molar-refractivity contribution in [3.63, 3.8) is 0 Å². The zero-order chi connectivity index (χ0) is 18.2. The van der Waals surface area contributed by atoms with Crippen molar-refractivity contribution in [1.29, 1.82) is 0 Å². The van der Waals surface area contributed by atoms with Gasteiger partial charge in [0.2, 0.25) is 0 Å². The lowest BCUT2D eigenvalue weighted by atomic mass is 10.0. The fourth-order valence-corrected chi connectivity index (χ4v) is 3.85. The molecule has 0 unspecified atom stereocenters. The maximum Gasteiger partial charge on any atom is 0.256 e. The van der Waals surface area contributed by atoms with Crippen LogP contribution in [-0.2, 0) is 19.5 Å². The van der Waals surface area contributed by atoms with Gasteiger partial charge in [0.05, 0.1) is 13.1 Å². The van der Waals surface area contributed by atoms with Gasteiger partial charge in [-0.15, -0.1) is 0 Å². The molecular formula is C23H45N2+. The molecular weight excluding hydrogens is 304 g/mol. The molecule has 0 saturated heterocycles. The van der Waals surface area contributed by atoms with E-state index in [2.05, 4.69) is 42.3 Å². The largest absolute Gasteiger partial charge is 0.256 e. The number of hydrogen-bond donors (Lipinski definition) is 0. The Bertz CT molecular complexity index is 408. The molecule has 0 bridgehead atoms. The number of imidazole rings is 1. The number of rotatable bonds is 17. The standard InChI is InChI=1S/C23H45N2/c1-4-7-8-9-10-11-12-13-14-15-16-17-18-20-25-22-21-24(19-5-2)23(25)6-3/h21-22H,4-20H2,1-3H3/q+1. The summed E-state index contributed by atoms with van der Waals surface area (Å²) in [5.41, 5.74) is 0. The molecule has 0 aromatic carbocycles. The van der Waals surface area contributed by atoms with Crippen LogP contribution < -0.4 is 4.57 Å². The van der Waals surface area contributed by atoms with Crippen LogP contribution in [0.25, 0.3) is 0 Å². The third-order valence-electron chi connectivity index (χ3n) is 5.37. The molecule has 0 atom stereocenters. The lowest BCUT2D eigenvalue weighted by Crippen LogP contribution is -2.37. The summed E-state index contributed by atoms with van der Waals surface area (Å²) >= 11 is 0. The van der Waals surface area contributed by atoms with E-state index in [0.717, 1.165) is 13.0 Å². The summed E-state index contributed by atoms with van der Waals surface area (Å²) in [6, 6.07) is 0. The van der Waals surface area contributed by atoms with Crippen LogP contribution in [0.15, 0.2) is 12.4 Å². The second-order valence-electron chi connectivity index (χ2n) is 7.70. The first-order valence-electron chi connectivity index (χ1n) is 11.4. The second-order valence-corrected chi connectivity index (χ2v) is 7.70. The van der Waals surface area contributed by atoms with Crippen molar-refractivity contribution in [3.8, 4) is 0 Å². The highest BCUT2D eigenvalue weighted by atomic mass is 15.1. The number of aromatic nitrogens is 2. The predicted octanol–water partition coefficient (Wildman–Crippen LogP) is 6.84. The van der Waals surface area contributed by atoms with Crippen LogP contribution in [0, 0.1) is 0 Å². The average Bonchev–Trinajstić information content (AvgIpc) is 3.01. The molecule has 0 fully saturated rings. The van der Waals surface area contributed by atoms with Crippen LogP contribution in [0.1, 0.15) is 116 Å². The molecule has 2 heteroatoms. The van der Waals surface area contributed by atoms with E-state index in [0.29, 0.717) is 0 Å². The van der Waals surface area contributed by atoms with E-state index in [1.165, 1.54) is 102 Å². The van der Waals surface area contributed by atoms with Gasteiger partial charge in [-0.1, -0.05) is 91.4 Å². The summed E-state index contributed by atoms with van der Waals surface area (Å²) in [7, 11) is 0. The Morgan fingerprint density at radius 1 is 0.680 bits per heavy atom. The molecule has 2 nitrogen and oxygen atoms in total. The van der Waals surface area contributed by atoms with Gasteiger partial charge in [-0.3, -0.25) is 0 Å². The molecule has 146 valence electrons. The number of hydrogen-bond acceptors (Lipinski definition) is 0. The van der Waals surface area contributed by atoms with Gasteiger partial charge in [-0.05, 0) is 19.3 Å². The van der Waals surface area contributed by atoms with Crippen LogP contribution in [0.3, 0.4) is 0 Å². The molecule has 0 aliphatic rings. The minimum absolute atomic E-state index is 1.14. The molecule has 1 rings (SSSR count). The maximum absolute atomic E-state index is 2.48. The van der Waals surface area contributed by atoms with Crippen molar-refractivity contribution in [2.24, 2.45) is 0 Å². The van der Waals surface area contributed by atoms with Crippen LogP contribution in [0.5, 0.6) is 0 Å². The van der Waals surface area contributed by atoms with Gasteiger partial charge < -0.3 is 0 Å². The fraction of sp³-hybridized carbons (Fsp3) is 0.870. The Hall–Kier alpha value is -0.790.